The average molecular weight is 318 g/mol. The predicted molar refractivity (Wildman–Crippen MR) is 85.9 cm³/mol. The van der Waals surface area contributed by atoms with E-state index in [0.717, 1.165) is 5.56 Å². The van der Waals surface area contributed by atoms with Gasteiger partial charge in [0, 0.05) is 5.56 Å². The second-order valence-corrected chi connectivity index (χ2v) is 6.23. The van der Waals surface area contributed by atoms with Gasteiger partial charge in [-0.3, -0.25) is 4.79 Å². The Morgan fingerprint density at radius 2 is 2.05 bits per heavy atom. The van der Waals surface area contributed by atoms with Gasteiger partial charge in [-0.1, -0.05) is 13.0 Å². The van der Waals surface area contributed by atoms with E-state index in [1.54, 1.807) is 45.0 Å². The van der Waals surface area contributed by atoms with Crippen LogP contribution >= 0.6 is 11.3 Å². The fraction of sp³-hybridized carbons (Fsp3) is 0.294. The van der Waals surface area contributed by atoms with Gasteiger partial charge < -0.3 is 9.84 Å². The van der Waals surface area contributed by atoms with E-state index in [9.17, 15) is 14.7 Å². The van der Waals surface area contributed by atoms with Crippen LogP contribution in [0, 0.1) is 6.92 Å². The lowest BCUT2D eigenvalue weighted by molar-refractivity contribution is -0.154. The fourth-order valence-electron chi connectivity index (χ4n) is 1.96. The van der Waals surface area contributed by atoms with Crippen LogP contribution in [0.15, 0.2) is 35.7 Å². The number of carbonyl (C=O) groups is 2. The van der Waals surface area contributed by atoms with Crippen molar-refractivity contribution >= 4 is 23.1 Å². The summed E-state index contributed by atoms with van der Waals surface area (Å²) in [6.07, 6.45) is 0.345. The summed E-state index contributed by atoms with van der Waals surface area (Å²) in [6, 6.07) is 8.68. The summed E-state index contributed by atoms with van der Waals surface area (Å²) < 4.78 is 5.66. The van der Waals surface area contributed by atoms with Crippen LogP contribution in [0.25, 0.3) is 0 Å². The highest BCUT2D eigenvalue weighted by atomic mass is 32.1. The number of thiophene rings is 1. The molecule has 0 aliphatic rings. The minimum atomic E-state index is -1.27. The Morgan fingerprint density at radius 1 is 1.32 bits per heavy atom. The average Bonchev–Trinajstić information content (AvgIpc) is 3.02. The number of ether oxygens (including phenoxy) is 1. The van der Waals surface area contributed by atoms with E-state index in [1.807, 2.05) is 11.4 Å². The summed E-state index contributed by atoms with van der Waals surface area (Å²) in [6.45, 7) is 5.11. The minimum absolute atomic E-state index is 0.0406. The van der Waals surface area contributed by atoms with Gasteiger partial charge in [0.25, 0.3) is 0 Å². The Bertz CT molecular complexity index is 691. The molecule has 0 radical (unpaired) electrons. The lowest BCUT2D eigenvalue weighted by Crippen LogP contribution is -2.40. The summed E-state index contributed by atoms with van der Waals surface area (Å²) in [5.41, 5.74) is 0.0356. The van der Waals surface area contributed by atoms with Crippen LogP contribution in [-0.2, 0) is 4.79 Å². The smallest absolute Gasteiger partial charge is 0.347 e. The maximum atomic E-state index is 12.3. The molecule has 0 bridgehead atoms. The molecule has 2 aromatic rings. The van der Waals surface area contributed by atoms with Gasteiger partial charge in [0.15, 0.2) is 0 Å². The van der Waals surface area contributed by atoms with Gasteiger partial charge in [-0.25, -0.2) is 4.79 Å². The number of carboxylic acid groups (broad SMARTS) is 1. The van der Waals surface area contributed by atoms with Crippen molar-refractivity contribution in [1.29, 1.82) is 0 Å². The first-order valence-electron chi connectivity index (χ1n) is 6.98. The van der Waals surface area contributed by atoms with E-state index in [0.29, 0.717) is 22.6 Å². The molecule has 22 heavy (non-hydrogen) atoms. The maximum absolute atomic E-state index is 12.3. The number of rotatable bonds is 6. The van der Waals surface area contributed by atoms with Crippen molar-refractivity contribution in [2.45, 2.75) is 32.8 Å². The van der Waals surface area contributed by atoms with Crippen LogP contribution in [0.4, 0.5) is 0 Å². The third kappa shape index (κ3) is 3.20. The molecule has 4 nitrogen and oxygen atoms in total. The Morgan fingerprint density at radius 3 is 2.55 bits per heavy atom. The largest absolute Gasteiger partial charge is 0.478 e. The molecule has 0 fully saturated rings. The van der Waals surface area contributed by atoms with E-state index in [-0.39, 0.29) is 5.78 Å². The molecule has 116 valence electrons. The highest BCUT2D eigenvalue weighted by Gasteiger charge is 2.34. The van der Waals surface area contributed by atoms with Gasteiger partial charge in [0.1, 0.15) is 5.75 Å². The second-order valence-electron chi connectivity index (χ2n) is 5.28. The number of aliphatic carboxylic acids is 1. The Balaban J connectivity index is 2.27. The highest BCUT2D eigenvalue weighted by molar-refractivity contribution is 7.12. The van der Waals surface area contributed by atoms with Gasteiger partial charge in [-0.05, 0) is 55.5 Å². The Kier molecular flexibility index (Phi) is 4.66. The zero-order valence-corrected chi connectivity index (χ0v) is 13.6. The Labute approximate surface area is 133 Å². The van der Waals surface area contributed by atoms with Crippen molar-refractivity contribution in [2.75, 3.05) is 0 Å². The lowest BCUT2D eigenvalue weighted by atomic mass is 10.0. The summed E-state index contributed by atoms with van der Waals surface area (Å²) in [5.74, 6) is -0.566. The molecule has 1 N–H and O–H groups in total. The molecule has 2 rings (SSSR count). The molecule has 1 heterocycles. The van der Waals surface area contributed by atoms with Crippen molar-refractivity contribution in [1.82, 2.24) is 0 Å². The normalized spacial score (nSPS) is 13.4. The van der Waals surface area contributed by atoms with Crippen molar-refractivity contribution in [2.24, 2.45) is 0 Å². The lowest BCUT2D eigenvalue weighted by Gasteiger charge is -2.26. The van der Waals surface area contributed by atoms with Crippen molar-refractivity contribution in [3.8, 4) is 5.75 Å². The van der Waals surface area contributed by atoms with E-state index >= 15 is 0 Å². The molecule has 0 amide bonds. The molecule has 0 spiro atoms. The predicted octanol–water partition coefficient (Wildman–Crippen LogP) is 3.92. The van der Waals surface area contributed by atoms with E-state index in [4.69, 9.17) is 4.74 Å². The molecule has 1 atom stereocenters. The number of aryl methyl sites for hydroxylation is 1. The van der Waals surface area contributed by atoms with Gasteiger partial charge >= 0.3 is 5.97 Å². The number of hydrogen-bond donors (Lipinski definition) is 1. The SMILES string of the molecule is CCC(C)(Oc1ccc(C(=O)c2cccs2)cc1C)C(=O)O. The van der Waals surface area contributed by atoms with Gasteiger partial charge in [-0.15, -0.1) is 11.3 Å². The number of ketones is 1. The van der Waals surface area contributed by atoms with Gasteiger partial charge in [-0.2, -0.15) is 0 Å². The Hall–Kier alpha value is -2.14. The zero-order chi connectivity index (χ0) is 16.3. The van der Waals surface area contributed by atoms with Crippen molar-refractivity contribution in [3.63, 3.8) is 0 Å². The van der Waals surface area contributed by atoms with Crippen molar-refractivity contribution in [3.05, 3.63) is 51.7 Å². The topological polar surface area (TPSA) is 63.6 Å². The van der Waals surface area contributed by atoms with E-state index < -0.39 is 11.6 Å². The monoisotopic (exact) mass is 318 g/mol. The number of hydrogen-bond acceptors (Lipinski definition) is 4. The summed E-state index contributed by atoms with van der Waals surface area (Å²) in [4.78, 5) is 24.3. The van der Waals surface area contributed by atoms with Crippen LogP contribution in [0.1, 0.15) is 41.1 Å². The van der Waals surface area contributed by atoms with Crippen LogP contribution in [-0.4, -0.2) is 22.5 Å². The molecule has 0 aliphatic heterocycles. The maximum Gasteiger partial charge on any atom is 0.347 e. The van der Waals surface area contributed by atoms with Crippen molar-refractivity contribution < 1.29 is 19.4 Å². The fourth-order valence-corrected chi connectivity index (χ4v) is 2.65. The van der Waals surface area contributed by atoms with E-state index in [1.165, 1.54) is 11.3 Å². The molecule has 1 aromatic carbocycles. The first-order chi connectivity index (χ1) is 10.4. The first kappa shape index (κ1) is 16.2. The molecular formula is C17H18O4S. The number of carboxylic acids is 1. The molecule has 1 unspecified atom stereocenters. The minimum Gasteiger partial charge on any atom is -0.478 e. The summed E-state index contributed by atoms with van der Waals surface area (Å²) in [7, 11) is 0. The third-order valence-electron chi connectivity index (χ3n) is 3.64. The quantitative estimate of drug-likeness (QED) is 0.820. The van der Waals surface area contributed by atoms with E-state index in [2.05, 4.69) is 0 Å². The van der Waals surface area contributed by atoms with Crippen LogP contribution in [0.3, 0.4) is 0 Å². The van der Waals surface area contributed by atoms with Crippen LogP contribution < -0.4 is 4.74 Å². The van der Waals surface area contributed by atoms with Gasteiger partial charge in [0.05, 0.1) is 4.88 Å². The number of benzene rings is 1. The molecule has 0 saturated heterocycles. The molecular weight excluding hydrogens is 300 g/mol. The highest BCUT2D eigenvalue weighted by Crippen LogP contribution is 2.27. The second kappa shape index (κ2) is 6.32. The standard InChI is InChI=1S/C17H18O4S/c1-4-17(3,16(19)20)21-13-8-7-12(10-11(13)2)15(18)14-6-5-9-22-14/h5-10H,4H2,1-3H3,(H,19,20). The summed E-state index contributed by atoms with van der Waals surface area (Å²) >= 11 is 1.39. The molecule has 0 aliphatic carbocycles. The zero-order valence-electron chi connectivity index (χ0n) is 12.8. The number of carbonyl (C=O) groups excluding carboxylic acids is 1. The molecule has 0 saturated carbocycles. The third-order valence-corrected chi connectivity index (χ3v) is 4.51. The van der Waals surface area contributed by atoms with Crippen LogP contribution in [0.5, 0.6) is 5.75 Å². The summed E-state index contributed by atoms with van der Waals surface area (Å²) in [5, 5.41) is 11.1. The first-order valence-corrected chi connectivity index (χ1v) is 7.86. The van der Waals surface area contributed by atoms with Gasteiger partial charge in [0.2, 0.25) is 11.4 Å². The molecule has 1 aromatic heterocycles. The molecule has 5 heteroatoms. The van der Waals surface area contributed by atoms with Crippen LogP contribution in [0.2, 0.25) is 0 Å².